The van der Waals surface area contributed by atoms with Gasteiger partial charge < -0.3 is 14.5 Å². The highest BCUT2D eigenvalue weighted by Gasteiger charge is 2.29. The van der Waals surface area contributed by atoms with Gasteiger partial charge in [0.2, 0.25) is 0 Å². The fourth-order valence-corrected chi connectivity index (χ4v) is 4.74. The molecule has 1 aliphatic carbocycles. The summed E-state index contributed by atoms with van der Waals surface area (Å²) in [5.74, 6) is 0.0231. The number of carbonyl (C=O) groups excluding carboxylic acids is 1. The maximum atomic E-state index is 13.1. The molecule has 0 atom stereocenters. The summed E-state index contributed by atoms with van der Waals surface area (Å²) in [5, 5.41) is 7.27. The quantitative estimate of drug-likeness (QED) is 0.473. The number of benzene rings is 2. The average Bonchev–Trinajstić information content (AvgIpc) is 3.15. The van der Waals surface area contributed by atoms with Gasteiger partial charge >= 0.3 is 0 Å². The Kier molecular flexibility index (Phi) is 6.63. The molecule has 0 fully saturated rings. The van der Waals surface area contributed by atoms with E-state index in [1.807, 2.05) is 0 Å². The van der Waals surface area contributed by atoms with E-state index in [2.05, 4.69) is 15.2 Å². The lowest BCUT2D eigenvalue weighted by Gasteiger charge is -2.14. The predicted octanol–water partition coefficient (Wildman–Crippen LogP) is 4.66. The van der Waals surface area contributed by atoms with Crippen LogP contribution in [0.5, 0.6) is 5.75 Å². The van der Waals surface area contributed by atoms with E-state index in [9.17, 15) is 17.6 Å². The van der Waals surface area contributed by atoms with Gasteiger partial charge in [-0.05, 0) is 62.2 Å². The number of aryl methyl sites for hydroxylation is 1. The first kappa shape index (κ1) is 23.8. The van der Waals surface area contributed by atoms with Gasteiger partial charge in [-0.3, -0.25) is 4.79 Å². The largest absolute Gasteiger partial charge is 0.495 e. The number of halogens is 2. The lowest BCUT2D eigenvalue weighted by molar-refractivity contribution is 0.0993. The van der Waals surface area contributed by atoms with Crippen molar-refractivity contribution in [3.05, 3.63) is 76.0 Å². The number of carbonyl (C=O) groups is 1. The number of nitrogens with one attached hydrogen (secondary N) is 2. The molecule has 34 heavy (non-hydrogen) atoms. The van der Waals surface area contributed by atoms with E-state index in [1.54, 1.807) is 25.1 Å². The first-order chi connectivity index (χ1) is 16.2. The highest BCUT2D eigenvalue weighted by atomic mass is 35.5. The van der Waals surface area contributed by atoms with Crippen LogP contribution in [0.2, 0.25) is 5.02 Å². The Morgan fingerprint density at radius 3 is 2.62 bits per heavy atom. The molecule has 3 aromatic rings. The van der Waals surface area contributed by atoms with Crippen molar-refractivity contribution in [2.75, 3.05) is 12.4 Å². The second-order valence-electron chi connectivity index (χ2n) is 7.61. The number of furan rings is 1. The number of amides is 1. The van der Waals surface area contributed by atoms with Gasteiger partial charge in [0.05, 0.1) is 23.4 Å². The minimum Gasteiger partial charge on any atom is -0.495 e. The molecule has 2 N–H and O–H groups in total. The highest BCUT2D eigenvalue weighted by Crippen LogP contribution is 2.32. The van der Waals surface area contributed by atoms with Crippen LogP contribution in [0, 0.1) is 12.7 Å². The van der Waals surface area contributed by atoms with E-state index in [0.717, 1.165) is 24.3 Å². The van der Waals surface area contributed by atoms with Crippen molar-refractivity contribution in [1.29, 1.82) is 0 Å². The lowest BCUT2D eigenvalue weighted by atomic mass is 9.93. The van der Waals surface area contributed by atoms with Crippen molar-refractivity contribution in [3.8, 4) is 5.75 Å². The van der Waals surface area contributed by atoms with Crippen LogP contribution in [0.25, 0.3) is 0 Å². The summed E-state index contributed by atoms with van der Waals surface area (Å²) in [6.07, 6.45) is 1.73. The van der Waals surface area contributed by atoms with E-state index in [-0.39, 0.29) is 10.7 Å². The Hall–Kier alpha value is -3.37. The van der Waals surface area contributed by atoms with E-state index in [1.165, 1.54) is 7.11 Å². The third-order valence-electron chi connectivity index (χ3n) is 5.37. The number of rotatable bonds is 6. The second-order valence-corrected chi connectivity index (χ2v) is 9.71. The number of hydrogen-bond donors (Lipinski definition) is 2. The number of anilines is 1. The fourth-order valence-electron chi connectivity index (χ4n) is 3.74. The van der Waals surface area contributed by atoms with Gasteiger partial charge in [0.25, 0.3) is 15.9 Å². The number of ether oxygens (including phenoxy) is 1. The third kappa shape index (κ3) is 4.78. The first-order valence-corrected chi connectivity index (χ1v) is 12.2. The zero-order chi connectivity index (χ0) is 24.5. The number of methoxy groups -OCH3 is 1. The molecule has 0 saturated heterocycles. The van der Waals surface area contributed by atoms with Gasteiger partial charge in [-0.1, -0.05) is 11.6 Å². The van der Waals surface area contributed by atoms with Crippen molar-refractivity contribution in [3.63, 3.8) is 0 Å². The Morgan fingerprint density at radius 1 is 1.18 bits per heavy atom. The van der Waals surface area contributed by atoms with Gasteiger partial charge in [0, 0.05) is 22.6 Å². The highest BCUT2D eigenvalue weighted by molar-refractivity contribution is 7.89. The summed E-state index contributed by atoms with van der Waals surface area (Å²) in [7, 11) is -2.52. The zero-order valence-corrected chi connectivity index (χ0v) is 19.9. The molecular weight excluding hydrogens is 485 g/mol. The second kappa shape index (κ2) is 9.47. The van der Waals surface area contributed by atoms with E-state index in [4.69, 9.17) is 20.8 Å². The smallest absolute Gasteiger partial charge is 0.291 e. The molecule has 4 rings (SSSR count). The van der Waals surface area contributed by atoms with Crippen LogP contribution < -0.4 is 14.9 Å². The van der Waals surface area contributed by atoms with E-state index >= 15 is 0 Å². The molecule has 11 heteroatoms. The summed E-state index contributed by atoms with van der Waals surface area (Å²) in [6.45, 7) is 1.71. The zero-order valence-electron chi connectivity index (χ0n) is 18.3. The number of nitrogens with zero attached hydrogens (tertiary/aromatic N) is 1. The Labute approximate surface area is 200 Å². The molecule has 2 aromatic carbocycles. The summed E-state index contributed by atoms with van der Waals surface area (Å²) in [6, 6.07) is 9.26. The molecule has 1 amide bonds. The lowest BCUT2D eigenvalue weighted by Crippen LogP contribution is -2.22. The molecule has 0 bridgehead atoms. The van der Waals surface area contributed by atoms with Crippen molar-refractivity contribution < 1.29 is 26.8 Å². The van der Waals surface area contributed by atoms with Gasteiger partial charge in [-0.15, -0.1) is 0 Å². The maximum Gasteiger partial charge on any atom is 0.291 e. The average molecular weight is 506 g/mol. The number of hydrazone groups is 1. The van der Waals surface area contributed by atoms with Crippen LogP contribution in [0.15, 0.2) is 56.9 Å². The predicted molar refractivity (Wildman–Crippen MR) is 126 cm³/mol. The van der Waals surface area contributed by atoms with Crippen LogP contribution >= 0.6 is 11.6 Å². The Bertz CT molecular complexity index is 1380. The molecule has 8 nitrogen and oxygen atoms in total. The van der Waals surface area contributed by atoms with Gasteiger partial charge in [-0.25, -0.2) is 4.39 Å². The molecule has 1 aliphatic rings. The topological polar surface area (TPSA) is 110 Å². The summed E-state index contributed by atoms with van der Waals surface area (Å²) in [5.41, 5.74) is 1.96. The van der Waals surface area contributed by atoms with Crippen LogP contribution in [0.1, 0.15) is 40.3 Å². The normalized spacial score (nSPS) is 14.5. The van der Waals surface area contributed by atoms with E-state index < -0.39 is 21.7 Å². The molecule has 1 heterocycles. The number of fused-ring (bicyclic) bond motifs is 1. The minimum absolute atomic E-state index is 0.0861. The van der Waals surface area contributed by atoms with Crippen LogP contribution in [0.3, 0.4) is 0 Å². The molecule has 0 saturated carbocycles. The first-order valence-electron chi connectivity index (χ1n) is 10.3. The summed E-state index contributed by atoms with van der Waals surface area (Å²) < 4.78 is 49.3. The van der Waals surface area contributed by atoms with Crippen molar-refractivity contribution in [2.24, 2.45) is 5.10 Å². The van der Waals surface area contributed by atoms with Crippen molar-refractivity contribution in [1.82, 2.24) is 4.83 Å². The maximum absolute atomic E-state index is 13.1. The van der Waals surface area contributed by atoms with Gasteiger partial charge in [0.15, 0.2) is 5.76 Å². The van der Waals surface area contributed by atoms with Crippen LogP contribution in [-0.2, 0) is 16.4 Å². The summed E-state index contributed by atoms with van der Waals surface area (Å²) >= 11 is 6.04. The molecular formula is C23H21ClFN3O5S. The molecule has 0 radical (unpaired) electrons. The monoisotopic (exact) mass is 505 g/mol. The minimum atomic E-state index is -3.99. The molecule has 0 spiro atoms. The molecule has 178 valence electrons. The van der Waals surface area contributed by atoms with Crippen molar-refractivity contribution >= 4 is 38.9 Å². The van der Waals surface area contributed by atoms with Crippen LogP contribution in [-0.4, -0.2) is 27.1 Å². The van der Waals surface area contributed by atoms with Gasteiger partial charge in [-0.2, -0.15) is 18.4 Å². The van der Waals surface area contributed by atoms with E-state index in [0.29, 0.717) is 58.3 Å². The van der Waals surface area contributed by atoms with Crippen LogP contribution in [0.4, 0.5) is 10.1 Å². The number of sulfonamides is 1. The molecule has 1 aromatic heterocycles. The number of hydrogen-bond acceptors (Lipinski definition) is 6. The third-order valence-corrected chi connectivity index (χ3v) is 6.83. The fraction of sp³-hybridized carbons (Fsp3) is 0.217. The standard InChI is InChI=1S/C23H21ClFN3O5S/c1-13-21-17(27-28-34(30,31)16-9-7-15(25)8-10-16)4-3-5-20(21)33-22(13)23(29)26-18-12-14(24)6-11-19(18)32-2/h6-12,28H,3-5H2,1-2H3,(H,26,29)/b27-17+. The SMILES string of the molecule is COc1ccc(Cl)cc1NC(=O)c1oc2c(c1C)/C(=N/NS(=O)(=O)c1ccc(F)cc1)CCC2. The molecule has 0 unspecified atom stereocenters. The molecule has 0 aliphatic heterocycles. The Morgan fingerprint density at radius 2 is 1.91 bits per heavy atom. The van der Waals surface area contributed by atoms with Crippen molar-refractivity contribution in [2.45, 2.75) is 31.1 Å². The summed E-state index contributed by atoms with van der Waals surface area (Å²) in [4.78, 5) is 15.1. The Balaban J connectivity index is 1.61. The van der Waals surface area contributed by atoms with Gasteiger partial charge in [0.1, 0.15) is 17.3 Å².